The fraction of sp³-hybridized carbons (Fsp3) is 0.632. The minimum Gasteiger partial charge on any atom is -0.444 e. The number of carbonyl (C=O) groups excluding carboxylic acids is 1. The number of ether oxygens (including phenoxy) is 1. The maximum Gasteiger partial charge on any atom is 0.410 e. The molecule has 1 heterocycles. The van der Waals surface area contributed by atoms with Crippen LogP contribution in [0, 0.1) is 0 Å². The summed E-state index contributed by atoms with van der Waals surface area (Å²) in [6, 6.07) is 11.1. The van der Waals surface area contributed by atoms with E-state index in [9.17, 15) is 4.79 Å². The SMILES string of the molecule is CC(NCCC1CCCN1C(=O)OC(C)(C)C)c1ccccc1. The first-order valence-corrected chi connectivity index (χ1v) is 8.65. The van der Waals surface area contributed by atoms with Crippen molar-refractivity contribution in [2.45, 2.75) is 64.6 Å². The van der Waals surface area contributed by atoms with Crippen LogP contribution in [0.1, 0.15) is 58.6 Å². The summed E-state index contributed by atoms with van der Waals surface area (Å²) in [5.74, 6) is 0. The van der Waals surface area contributed by atoms with Gasteiger partial charge in [0.1, 0.15) is 5.60 Å². The van der Waals surface area contributed by atoms with Gasteiger partial charge in [0.2, 0.25) is 0 Å². The zero-order chi connectivity index (χ0) is 16.9. The van der Waals surface area contributed by atoms with Gasteiger partial charge in [-0.1, -0.05) is 30.3 Å². The molecule has 0 radical (unpaired) electrons. The molecule has 1 N–H and O–H groups in total. The zero-order valence-corrected chi connectivity index (χ0v) is 14.8. The smallest absolute Gasteiger partial charge is 0.410 e. The van der Waals surface area contributed by atoms with Gasteiger partial charge in [-0.05, 0) is 59.1 Å². The van der Waals surface area contributed by atoms with Gasteiger partial charge >= 0.3 is 6.09 Å². The van der Waals surface area contributed by atoms with E-state index < -0.39 is 5.60 Å². The molecule has 2 unspecified atom stereocenters. The monoisotopic (exact) mass is 318 g/mol. The quantitative estimate of drug-likeness (QED) is 0.887. The van der Waals surface area contributed by atoms with E-state index in [1.807, 2.05) is 31.7 Å². The van der Waals surface area contributed by atoms with Gasteiger partial charge in [0, 0.05) is 18.6 Å². The Balaban J connectivity index is 1.79. The number of hydrogen-bond donors (Lipinski definition) is 1. The first-order valence-electron chi connectivity index (χ1n) is 8.65. The van der Waals surface area contributed by atoms with E-state index >= 15 is 0 Å². The molecule has 1 aromatic carbocycles. The first kappa shape index (κ1) is 17.8. The maximum atomic E-state index is 12.3. The van der Waals surface area contributed by atoms with Crippen molar-refractivity contribution in [3.05, 3.63) is 35.9 Å². The van der Waals surface area contributed by atoms with Crippen molar-refractivity contribution in [1.82, 2.24) is 10.2 Å². The van der Waals surface area contributed by atoms with Crippen LogP contribution in [0.5, 0.6) is 0 Å². The summed E-state index contributed by atoms with van der Waals surface area (Å²) in [6.07, 6.45) is 2.94. The average Bonchev–Trinajstić information content (AvgIpc) is 2.95. The summed E-state index contributed by atoms with van der Waals surface area (Å²) >= 11 is 0. The topological polar surface area (TPSA) is 41.6 Å². The maximum absolute atomic E-state index is 12.3. The molecule has 1 fully saturated rings. The van der Waals surface area contributed by atoms with Gasteiger partial charge in [-0.25, -0.2) is 4.79 Å². The van der Waals surface area contributed by atoms with E-state index in [1.54, 1.807) is 0 Å². The Hall–Kier alpha value is -1.55. The van der Waals surface area contributed by atoms with E-state index in [-0.39, 0.29) is 6.09 Å². The number of benzene rings is 1. The lowest BCUT2D eigenvalue weighted by atomic mass is 10.1. The second-order valence-electron chi connectivity index (χ2n) is 7.34. The molecule has 1 saturated heterocycles. The highest BCUT2D eigenvalue weighted by atomic mass is 16.6. The minimum absolute atomic E-state index is 0.170. The van der Waals surface area contributed by atoms with E-state index in [0.717, 1.165) is 32.4 Å². The average molecular weight is 318 g/mol. The van der Waals surface area contributed by atoms with Gasteiger partial charge in [-0.3, -0.25) is 0 Å². The fourth-order valence-electron chi connectivity index (χ4n) is 3.02. The first-order chi connectivity index (χ1) is 10.9. The molecule has 2 rings (SSSR count). The highest BCUT2D eigenvalue weighted by Crippen LogP contribution is 2.23. The minimum atomic E-state index is -0.426. The largest absolute Gasteiger partial charge is 0.444 e. The zero-order valence-electron chi connectivity index (χ0n) is 14.8. The fourth-order valence-corrected chi connectivity index (χ4v) is 3.02. The van der Waals surface area contributed by atoms with Gasteiger partial charge in [0.05, 0.1) is 0 Å². The molecular weight excluding hydrogens is 288 g/mol. The van der Waals surface area contributed by atoms with Gasteiger partial charge in [-0.2, -0.15) is 0 Å². The number of amides is 1. The predicted molar refractivity (Wildman–Crippen MR) is 93.4 cm³/mol. The lowest BCUT2D eigenvalue weighted by Crippen LogP contribution is -2.41. The summed E-state index contributed by atoms with van der Waals surface area (Å²) < 4.78 is 5.52. The molecule has 2 atom stereocenters. The number of carbonyl (C=O) groups is 1. The molecule has 0 saturated carbocycles. The lowest BCUT2D eigenvalue weighted by Gasteiger charge is -2.29. The molecule has 0 spiro atoms. The van der Waals surface area contributed by atoms with Crippen LogP contribution in [-0.4, -0.2) is 35.7 Å². The van der Waals surface area contributed by atoms with Crippen molar-refractivity contribution >= 4 is 6.09 Å². The van der Waals surface area contributed by atoms with E-state index in [4.69, 9.17) is 4.74 Å². The second kappa shape index (κ2) is 7.82. The highest BCUT2D eigenvalue weighted by molar-refractivity contribution is 5.68. The van der Waals surface area contributed by atoms with Crippen LogP contribution < -0.4 is 5.32 Å². The summed E-state index contributed by atoms with van der Waals surface area (Å²) in [4.78, 5) is 14.2. The Bertz CT molecular complexity index is 496. The lowest BCUT2D eigenvalue weighted by molar-refractivity contribution is 0.0220. The molecule has 23 heavy (non-hydrogen) atoms. The third-order valence-electron chi connectivity index (χ3n) is 4.23. The molecule has 0 aliphatic carbocycles. The van der Waals surface area contributed by atoms with Crippen molar-refractivity contribution in [1.29, 1.82) is 0 Å². The number of nitrogens with one attached hydrogen (secondary N) is 1. The van der Waals surface area contributed by atoms with Crippen molar-refractivity contribution in [2.75, 3.05) is 13.1 Å². The van der Waals surface area contributed by atoms with Crippen LogP contribution in [0.25, 0.3) is 0 Å². The number of likely N-dealkylation sites (tertiary alicyclic amines) is 1. The summed E-state index contributed by atoms with van der Waals surface area (Å²) in [7, 11) is 0. The third kappa shape index (κ3) is 5.54. The summed E-state index contributed by atoms with van der Waals surface area (Å²) in [6.45, 7) is 9.64. The van der Waals surface area contributed by atoms with Crippen molar-refractivity contribution in [3.8, 4) is 0 Å². The Morgan fingerprint density at radius 2 is 2.04 bits per heavy atom. The van der Waals surface area contributed by atoms with Crippen LogP contribution in [0.4, 0.5) is 4.79 Å². The number of hydrogen-bond acceptors (Lipinski definition) is 3. The molecule has 4 nitrogen and oxygen atoms in total. The third-order valence-corrected chi connectivity index (χ3v) is 4.23. The molecule has 1 amide bonds. The predicted octanol–water partition coefficient (Wildman–Crippen LogP) is 4.13. The van der Waals surface area contributed by atoms with Crippen molar-refractivity contribution in [2.24, 2.45) is 0 Å². The van der Waals surface area contributed by atoms with Crippen LogP contribution in [-0.2, 0) is 4.74 Å². The van der Waals surface area contributed by atoms with Crippen molar-refractivity contribution < 1.29 is 9.53 Å². The van der Waals surface area contributed by atoms with Gasteiger partial charge in [0.15, 0.2) is 0 Å². The Kier molecular flexibility index (Phi) is 6.05. The van der Waals surface area contributed by atoms with Crippen LogP contribution in [0.15, 0.2) is 30.3 Å². The molecule has 1 aliphatic heterocycles. The van der Waals surface area contributed by atoms with Crippen LogP contribution in [0.2, 0.25) is 0 Å². The normalized spacial score (nSPS) is 19.7. The second-order valence-corrected chi connectivity index (χ2v) is 7.34. The van der Waals surface area contributed by atoms with Gasteiger partial charge < -0.3 is 15.0 Å². The molecule has 0 bridgehead atoms. The van der Waals surface area contributed by atoms with E-state index in [0.29, 0.717) is 12.1 Å². The van der Waals surface area contributed by atoms with Gasteiger partial charge in [-0.15, -0.1) is 0 Å². The molecule has 1 aliphatic rings. The van der Waals surface area contributed by atoms with E-state index in [1.165, 1.54) is 5.56 Å². The Labute approximate surface area is 140 Å². The molecular formula is C19H30N2O2. The van der Waals surface area contributed by atoms with Gasteiger partial charge in [0.25, 0.3) is 0 Å². The number of rotatable bonds is 5. The standard InChI is InChI=1S/C19H30N2O2/c1-15(16-9-6-5-7-10-16)20-13-12-17-11-8-14-21(17)18(22)23-19(2,3)4/h5-7,9-10,15,17,20H,8,11-14H2,1-4H3. The molecule has 4 heteroatoms. The molecule has 128 valence electrons. The number of nitrogens with zero attached hydrogens (tertiary/aromatic N) is 1. The van der Waals surface area contributed by atoms with E-state index in [2.05, 4.69) is 36.5 Å². The Morgan fingerprint density at radius 3 is 2.70 bits per heavy atom. The molecule has 1 aromatic rings. The highest BCUT2D eigenvalue weighted by Gasteiger charge is 2.31. The summed E-state index contributed by atoms with van der Waals surface area (Å²) in [5, 5.41) is 3.55. The van der Waals surface area contributed by atoms with Crippen molar-refractivity contribution in [3.63, 3.8) is 0 Å². The molecule has 0 aromatic heterocycles. The van der Waals surface area contributed by atoms with Crippen LogP contribution >= 0.6 is 0 Å². The van der Waals surface area contributed by atoms with Crippen LogP contribution in [0.3, 0.4) is 0 Å². The summed E-state index contributed by atoms with van der Waals surface area (Å²) in [5.41, 5.74) is 0.868. The Morgan fingerprint density at radius 1 is 1.35 bits per heavy atom.